The van der Waals surface area contributed by atoms with Gasteiger partial charge in [-0.3, -0.25) is 4.79 Å². The molecule has 0 N–H and O–H groups in total. The fraction of sp³-hybridized carbons (Fsp3) is 0. The first-order valence-electron chi connectivity index (χ1n) is 5.41. The zero-order valence-corrected chi connectivity index (χ0v) is 10.7. The van der Waals surface area contributed by atoms with Gasteiger partial charge in [-0.15, -0.1) is 0 Å². The maximum atomic E-state index is 10.3. The summed E-state index contributed by atoms with van der Waals surface area (Å²) in [6.07, 6.45) is 9.05. The maximum absolute atomic E-state index is 10.3. The van der Waals surface area contributed by atoms with Crippen LogP contribution in [0.5, 0.6) is 0 Å². The van der Waals surface area contributed by atoms with Gasteiger partial charge in [0.05, 0.1) is 0 Å². The third kappa shape index (κ3) is 19.2. The Bertz CT molecular complexity index is 339. The molecule has 0 fully saturated rings. The van der Waals surface area contributed by atoms with Crippen LogP contribution in [0.25, 0.3) is 0 Å². The van der Waals surface area contributed by atoms with Crippen molar-refractivity contribution in [1.82, 2.24) is 0 Å². The van der Waals surface area contributed by atoms with E-state index in [0.717, 1.165) is 0 Å². The average Bonchev–Trinajstić information content (AvgIpc) is 2.47. The Morgan fingerprint density at radius 1 is 0.722 bits per heavy atom. The van der Waals surface area contributed by atoms with Crippen molar-refractivity contribution < 1.29 is 4.79 Å². The summed E-state index contributed by atoms with van der Waals surface area (Å²) in [6, 6.07) is 12.0. The number of rotatable bonds is 4. The third-order valence-corrected chi connectivity index (χ3v) is 1.43. The fourth-order valence-corrected chi connectivity index (χ4v) is 0.616. The van der Waals surface area contributed by atoms with Gasteiger partial charge in [-0.2, -0.15) is 0 Å². The second-order valence-corrected chi connectivity index (χ2v) is 2.83. The van der Waals surface area contributed by atoms with Gasteiger partial charge in [-0.05, 0) is 12.2 Å². The summed E-state index contributed by atoms with van der Waals surface area (Å²) in [5, 5.41) is 0. The quantitative estimate of drug-likeness (QED) is 0.558. The molecule has 0 heterocycles. The molecular formula is C17H20O. The summed E-state index contributed by atoms with van der Waals surface area (Å²) in [5.41, 5.74) is 0. The number of hydrogen-bond donors (Lipinski definition) is 0. The predicted molar refractivity (Wildman–Crippen MR) is 81.4 cm³/mol. The second kappa shape index (κ2) is 17.0. The van der Waals surface area contributed by atoms with E-state index in [1.165, 1.54) is 12.2 Å². The van der Waals surface area contributed by atoms with E-state index in [0.29, 0.717) is 0 Å². The lowest BCUT2D eigenvalue weighted by atomic mass is 10.3. The second-order valence-electron chi connectivity index (χ2n) is 2.83. The molecule has 0 aromatic heterocycles. The molecule has 0 spiro atoms. The number of hydrogen-bond acceptors (Lipinski definition) is 1. The first-order valence-corrected chi connectivity index (χ1v) is 5.41. The summed E-state index contributed by atoms with van der Waals surface area (Å²) < 4.78 is 0. The molecule has 0 atom stereocenters. The van der Waals surface area contributed by atoms with Crippen LogP contribution in [0.1, 0.15) is 0 Å². The van der Waals surface area contributed by atoms with Crippen molar-refractivity contribution in [2.24, 2.45) is 0 Å². The highest BCUT2D eigenvalue weighted by Gasteiger charge is 1.79. The SMILES string of the molecule is C=CC=C.C=CC=CC(=O)C=C.c1ccccc1. The molecule has 0 saturated carbocycles. The molecule has 0 saturated heterocycles. The highest BCUT2D eigenvalue weighted by Crippen LogP contribution is 1.80. The van der Waals surface area contributed by atoms with E-state index in [-0.39, 0.29) is 5.78 Å². The molecule has 0 bridgehead atoms. The zero-order chi connectivity index (χ0) is 14.1. The Labute approximate surface area is 110 Å². The molecule has 0 aliphatic rings. The van der Waals surface area contributed by atoms with E-state index in [2.05, 4.69) is 26.3 Å². The van der Waals surface area contributed by atoms with Crippen molar-refractivity contribution in [3.63, 3.8) is 0 Å². The van der Waals surface area contributed by atoms with Gasteiger partial charge in [-0.25, -0.2) is 0 Å². The molecule has 1 aromatic carbocycles. The highest BCUT2D eigenvalue weighted by atomic mass is 16.1. The minimum Gasteiger partial charge on any atom is -0.290 e. The zero-order valence-electron chi connectivity index (χ0n) is 10.7. The Hall–Kier alpha value is -2.41. The summed E-state index contributed by atoms with van der Waals surface area (Å²) in [5.74, 6) is -0.0927. The van der Waals surface area contributed by atoms with Crippen LogP contribution in [0.2, 0.25) is 0 Å². The van der Waals surface area contributed by atoms with Crippen LogP contribution in [0.4, 0.5) is 0 Å². The van der Waals surface area contributed by atoms with Gasteiger partial charge >= 0.3 is 0 Å². The van der Waals surface area contributed by atoms with Crippen molar-refractivity contribution in [2.45, 2.75) is 0 Å². The Morgan fingerprint density at radius 2 is 1.11 bits per heavy atom. The lowest BCUT2D eigenvalue weighted by Crippen LogP contribution is -1.80. The normalized spacial score (nSPS) is 7.78. The van der Waals surface area contributed by atoms with Gasteiger partial charge in [0.2, 0.25) is 0 Å². The van der Waals surface area contributed by atoms with E-state index in [9.17, 15) is 4.79 Å². The van der Waals surface area contributed by atoms with Gasteiger partial charge in [0.25, 0.3) is 0 Å². The van der Waals surface area contributed by atoms with Crippen molar-refractivity contribution >= 4 is 5.78 Å². The molecule has 0 amide bonds. The van der Waals surface area contributed by atoms with Crippen LogP contribution >= 0.6 is 0 Å². The van der Waals surface area contributed by atoms with Gasteiger partial charge in [-0.1, -0.05) is 87.0 Å². The molecule has 94 valence electrons. The molecule has 0 aliphatic heterocycles. The molecule has 0 aliphatic carbocycles. The molecule has 18 heavy (non-hydrogen) atoms. The Balaban J connectivity index is 0. The molecule has 1 rings (SSSR count). The van der Waals surface area contributed by atoms with E-state index < -0.39 is 0 Å². The number of carbonyl (C=O) groups is 1. The largest absolute Gasteiger partial charge is 0.290 e. The van der Waals surface area contributed by atoms with Crippen LogP contribution < -0.4 is 0 Å². The predicted octanol–water partition coefficient (Wildman–Crippen LogP) is 4.53. The molecule has 1 nitrogen and oxygen atoms in total. The first kappa shape index (κ1) is 18.0. The third-order valence-electron chi connectivity index (χ3n) is 1.43. The minimum absolute atomic E-state index is 0.0927. The van der Waals surface area contributed by atoms with E-state index in [1.54, 1.807) is 24.3 Å². The van der Waals surface area contributed by atoms with E-state index in [1.807, 2.05) is 36.4 Å². The van der Waals surface area contributed by atoms with Crippen molar-refractivity contribution in [3.8, 4) is 0 Å². The summed E-state index contributed by atoms with van der Waals surface area (Å²) in [6.45, 7) is 13.4. The Morgan fingerprint density at radius 3 is 1.33 bits per heavy atom. The molecule has 1 heteroatoms. The average molecular weight is 240 g/mol. The van der Waals surface area contributed by atoms with Gasteiger partial charge < -0.3 is 0 Å². The van der Waals surface area contributed by atoms with E-state index in [4.69, 9.17) is 0 Å². The monoisotopic (exact) mass is 240 g/mol. The maximum Gasteiger partial charge on any atom is 0.178 e. The van der Waals surface area contributed by atoms with Crippen LogP contribution in [-0.2, 0) is 4.79 Å². The molecular weight excluding hydrogens is 220 g/mol. The van der Waals surface area contributed by atoms with Gasteiger partial charge in [0, 0.05) is 0 Å². The number of ketones is 1. The van der Waals surface area contributed by atoms with E-state index >= 15 is 0 Å². The highest BCUT2D eigenvalue weighted by molar-refractivity contribution is 5.98. The molecule has 0 unspecified atom stereocenters. The summed E-state index contributed by atoms with van der Waals surface area (Å²) in [4.78, 5) is 10.3. The Kier molecular flexibility index (Phi) is 17.0. The lowest BCUT2D eigenvalue weighted by Gasteiger charge is -1.73. The number of benzene rings is 1. The van der Waals surface area contributed by atoms with Crippen LogP contribution in [-0.4, -0.2) is 5.78 Å². The van der Waals surface area contributed by atoms with Crippen LogP contribution in [0.3, 0.4) is 0 Å². The number of carbonyl (C=O) groups excluding carboxylic acids is 1. The van der Waals surface area contributed by atoms with Crippen molar-refractivity contribution in [1.29, 1.82) is 0 Å². The van der Waals surface area contributed by atoms with Gasteiger partial charge in [0.15, 0.2) is 5.78 Å². The first-order chi connectivity index (χ1) is 8.72. The summed E-state index contributed by atoms with van der Waals surface area (Å²) in [7, 11) is 0. The molecule has 0 radical (unpaired) electrons. The number of allylic oxidation sites excluding steroid dienone is 6. The summed E-state index contributed by atoms with van der Waals surface area (Å²) >= 11 is 0. The molecule has 1 aromatic rings. The van der Waals surface area contributed by atoms with Gasteiger partial charge in [0.1, 0.15) is 0 Å². The smallest absolute Gasteiger partial charge is 0.178 e. The lowest BCUT2D eigenvalue weighted by molar-refractivity contribution is -0.110. The van der Waals surface area contributed by atoms with Crippen molar-refractivity contribution in [2.75, 3.05) is 0 Å². The van der Waals surface area contributed by atoms with Crippen molar-refractivity contribution in [3.05, 3.63) is 99.2 Å². The minimum atomic E-state index is -0.0927. The standard InChI is InChI=1S/C7H8O.C6H6.C4H6/c1-3-5-6-7(8)4-2;1-2-4-6-5-3-1;1-3-4-2/h3-6H,1-2H2;1-6H;3-4H,1-2H2. The van der Waals surface area contributed by atoms with Crippen LogP contribution in [0.15, 0.2) is 99.2 Å². The fourth-order valence-electron chi connectivity index (χ4n) is 0.616. The topological polar surface area (TPSA) is 17.1 Å². The van der Waals surface area contributed by atoms with Crippen LogP contribution in [0, 0.1) is 0 Å².